The van der Waals surface area contributed by atoms with Crippen molar-refractivity contribution in [2.45, 2.75) is 45.1 Å². The van der Waals surface area contributed by atoms with Crippen LogP contribution in [0.4, 0.5) is 5.69 Å². The van der Waals surface area contributed by atoms with E-state index in [1.54, 1.807) is 24.3 Å². The Morgan fingerprint density at radius 2 is 2.00 bits per heavy atom. The molecular formula is C17H22N2O4. The van der Waals surface area contributed by atoms with Gasteiger partial charge in [-0.15, -0.1) is 0 Å². The highest BCUT2D eigenvalue weighted by Gasteiger charge is 2.34. The lowest BCUT2D eigenvalue weighted by atomic mass is 9.95. The number of carboxylic acid groups (broad SMARTS) is 1. The minimum absolute atomic E-state index is 0.0380. The maximum atomic E-state index is 12.3. The van der Waals surface area contributed by atoms with Crippen molar-refractivity contribution < 1.29 is 19.5 Å². The van der Waals surface area contributed by atoms with E-state index >= 15 is 0 Å². The van der Waals surface area contributed by atoms with E-state index in [1.165, 1.54) is 6.92 Å². The molecule has 2 amide bonds. The van der Waals surface area contributed by atoms with Crippen molar-refractivity contribution in [1.82, 2.24) is 5.32 Å². The van der Waals surface area contributed by atoms with Crippen LogP contribution in [0.15, 0.2) is 24.3 Å². The van der Waals surface area contributed by atoms with Crippen LogP contribution in [-0.4, -0.2) is 28.4 Å². The molecule has 124 valence electrons. The fraction of sp³-hybridized carbons (Fsp3) is 0.471. The Bertz CT molecular complexity index is 625. The Morgan fingerprint density at radius 3 is 2.57 bits per heavy atom. The first kappa shape index (κ1) is 17.0. The zero-order valence-corrected chi connectivity index (χ0v) is 13.4. The second kappa shape index (κ2) is 6.81. The van der Waals surface area contributed by atoms with Crippen LogP contribution in [-0.2, 0) is 9.59 Å². The van der Waals surface area contributed by atoms with Gasteiger partial charge in [-0.3, -0.25) is 9.59 Å². The van der Waals surface area contributed by atoms with E-state index in [4.69, 9.17) is 0 Å². The van der Waals surface area contributed by atoms with Gasteiger partial charge in [0, 0.05) is 17.2 Å². The summed E-state index contributed by atoms with van der Waals surface area (Å²) in [5, 5.41) is 14.7. The zero-order valence-electron chi connectivity index (χ0n) is 13.4. The highest BCUT2D eigenvalue weighted by atomic mass is 16.4. The summed E-state index contributed by atoms with van der Waals surface area (Å²) in [6.45, 7) is 3.36. The second-order valence-corrected chi connectivity index (χ2v) is 6.19. The predicted octanol–water partition coefficient (Wildman–Crippen LogP) is 2.41. The zero-order chi connectivity index (χ0) is 17.0. The lowest BCUT2D eigenvalue weighted by molar-refractivity contribution is -0.144. The average molecular weight is 318 g/mol. The number of carbonyl (C=O) groups excluding carboxylic acids is 2. The average Bonchev–Trinajstić information content (AvgIpc) is 3.32. The monoisotopic (exact) mass is 318 g/mol. The third kappa shape index (κ3) is 4.31. The van der Waals surface area contributed by atoms with Gasteiger partial charge >= 0.3 is 5.97 Å². The van der Waals surface area contributed by atoms with Crippen molar-refractivity contribution >= 4 is 23.5 Å². The van der Waals surface area contributed by atoms with E-state index in [1.807, 2.05) is 6.92 Å². The molecule has 0 saturated heterocycles. The molecule has 0 radical (unpaired) electrons. The van der Waals surface area contributed by atoms with Gasteiger partial charge in [-0.1, -0.05) is 19.4 Å². The summed E-state index contributed by atoms with van der Waals surface area (Å²) in [7, 11) is 0. The lowest BCUT2D eigenvalue weighted by Crippen LogP contribution is -2.52. The normalized spacial score (nSPS) is 16.3. The molecule has 23 heavy (non-hydrogen) atoms. The summed E-state index contributed by atoms with van der Waals surface area (Å²) in [5.74, 6) is -1.49. The van der Waals surface area contributed by atoms with Crippen molar-refractivity contribution in [1.29, 1.82) is 0 Å². The summed E-state index contributed by atoms with van der Waals surface area (Å²) < 4.78 is 0. The number of carboxylic acids is 1. The van der Waals surface area contributed by atoms with Crippen molar-refractivity contribution in [2.75, 3.05) is 5.32 Å². The number of nitrogens with one attached hydrogen (secondary N) is 2. The number of carbonyl (C=O) groups is 3. The Morgan fingerprint density at radius 1 is 1.30 bits per heavy atom. The van der Waals surface area contributed by atoms with Gasteiger partial charge in [0.2, 0.25) is 5.91 Å². The fourth-order valence-corrected chi connectivity index (χ4v) is 2.37. The van der Waals surface area contributed by atoms with Gasteiger partial charge in [-0.05, 0) is 44.4 Å². The Balaban J connectivity index is 2.09. The molecule has 3 N–H and O–H groups in total. The maximum Gasteiger partial charge on any atom is 0.329 e. The smallest absolute Gasteiger partial charge is 0.329 e. The fourth-order valence-electron chi connectivity index (χ4n) is 2.37. The topological polar surface area (TPSA) is 95.5 Å². The number of benzene rings is 1. The van der Waals surface area contributed by atoms with Crippen molar-refractivity contribution in [3.63, 3.8) is 0 Å². The molecule has 1 aliphatic carbocycles. The largest absolute Gasteiger partial charge is 0.480 e. The van der Waals surface area contributed by atoms with E-state index in [2.05, 4.69) is 10.6 Å². The van der Waals surface area contributed by atoms with E-state index in [0.29, 0.717) is 24.1 Å². The van der Waals surface area contributed by atoms with Crippen LogP contribution in [0.25, 0.3) is 0 Å². The standard InChI is InChI=1S/C17H22N2O4/c1-3-9-17(2,16(22)23)19-15(21)12-5-4-6-13(10-12)18-14(20)11-7-8-11/h4-6,10-11H,3,7-9H2,1-2H3,(H,18,20)(H,19,21)(H,22,23). The molecule has 1 atom stereocenters. The second-order valence-electron chi connectivity index (χ2n) is 6.19. The molecule has 0 aliphatic heterocycles. The van der Waals surface area contributed by atoms with E-state index in [9.17, 15) is 19.5 Å². The van der Waals surface area contributed by atoms with E-state index in [-0.39, 0.29) is 11.8 Å². The molecule has 6 nitrogen and oxygen atoms in total. The number of aliphatic carboxylic acids is 1. The molecular weight excluding hydrogens is 296 g/mol. The van der Waals surface area contributed by atoms with E-state index in [0.717, 1.165) is 12.8 Å². The summed E-state index contributed by atoms with van der Waals surface area (Å²) in [6, 6.07) is 6.52. The van der Waals surface area contributed by atoms with Gasteiger partial charge in [0.15, 0.2) is 0 Å². The molecule has 1 aromatic carbocycles. The van der Waals surface area contributed by atoms with Gasteiger partial charge in [0.05, 0.1) is 0 Å². The Labute approximate surface area is 135 Å². The summed E-state index contributed by atoms with van der Waals surface area (Å²) in [5.41, 5.74) is -0.441. The molecule has 2 rings (SSSR count). The quantitative estimate of drug-likeness (QED) is 0.719. The predicted molar refractivity (Wildman–Crippen MR) is 86.2 cm³/mol. The SMILES string of the molecule is CCCC(C)(NC(=O)c1cccc(NC(=O)C2CC2)c1)C(=O)O. The van der Waals surface area contributed by atoms with Crippen LogP contribution < -0.4 is 10.6 Å². The van der Waals surface area contributed by atoms with E-state index < -0.39 is 17.4 Å². The van der Waals surface area contributed by atoms with Crippen LogP contribution in [0.5, 0.6) is 0 Å². The van der Waals surface area contributed by atoms with Crippen LogP contribution >= 0.6 is 0 Å². The summed E-state index contributed by atoms with van der Waals surface area (Å²) in [4.78, 5) is 35.5. The number of anilines is 1. The van der Waals surface area contributed by atoms with Crippen LogP contribution in [0.3, 0.4) is 0 Å². The highest BCUT2D eigenvalue weighted by Crippen LogP contribution is 2.30. The minimum Gasteiger partial charge on any atom is -0.480 e. The van der Waals surface area contributed by atoms with Crippen LogP contribution in [0.2, 0.25) is 0 Å². The Kier molecular flexibility index (Phi) is 5.03. The summed E-state index contributed by atoms with van der Waals surface area (Å²) in [6.07, 6.45) is 2.78. The Hall–Kier alpha value is -2.37. The molecule has 0 aromatic heterocycles. The molecule has 1 unspecified atom stereocenters. The van der Waals surface area contributed by atoms with Gasteiger partial charge in [-0.25, -0.2) is 4.79 Å². The first-order valence-corrected chi connectivity index (χ1v) is 7.82. The molecule has 1 aliphatic rings. The molecule has 1 aromatic rings. The number of amides is 2. The molecule has 0 heterocycles. The van der Waals surface area contributed by atoms with Crippen LogP contribution in [0, 0.1) is 5.92 Å². The van der Waals surface area contributed by atoms with Crippen molar-refractivity contribution in [2.24, 2.45) is 5.92 Å². The number of hydrogen-bond donors (Lipinski definition) is 3. The molecule has 0 spiro atoms. The van der Waals surface area contributed by atoms with Crippen molar-refractivity contribution in [3.05, 3.63) is 29.8 Å². The third-order valence-corrected chi connectivity index (χ3v) is 3.95. The first-order chi connectivity index (χ1) is 10.9. The van der Waals surface area contributed by atoms with Crippen LogP contribution in [0.1, 0.15) is 49.9 Å². The van der Waals surface area contributed by atoms with Gasteiger partial charge < -0.3 is 15.7 Å². The van der Waals surface area contributed by atoms with Gasteiger partial charge in [0.1, 0.15) is 5.54 Å². The molecule has 1 fully saturated rings. The van der Waals surface area contributed by atoms with Crippen molar-refractivity contribution in [3.8, 4) is 0 Å². The molecule has 0 bridgehead atoms. The van der Waals surface area contributed by atoms with Gasteiger partial charge in [-0.2, -0.15) is 0 Å². The van der Waals surface area contributed by atoms with Gasteiger partial charge in [0.25, 0.3) is 5.91 Å². The summed E-state index contributed by atoms with van der Waals surface area (Å²) >= 11 is 0. The minimum atomic E-state index is -1.31. The first-order valence-electron chi connectivity index (χ1n) is 7.82. The molecule has 6 heteroatoms. The number of rotatable bonds is 7. The number of hydrogen-bond acceptors (Lipinski definition) is 3. The highest BCUT2D eigenvalue weighted by molar-refractivity contribution is 6.00. The third-order valence-electron chi connectivity index (χ3n) is 3.95. The molecule has 1 saturated carbocycles. The maximum absolute atomic E-state index is 12.3. The lowest BCUT2D eigenvalue weighted by Gasteiger charge is -2.25.